The second-order valence-electron chi connectivity index (χ2n) is 4.51. The highest BCUT2D eigenvalue weighted by molar-refractivity contribution is 6.30. The summed E-state index contributed by atoms with van der Waals surface area (Å²) in [6.45, 7) is 8.87. The zero-order valence-electron chi connectivity index (χ0n) is 11.5. The zero-order chi connectivity index (χ0) is 14.0. The average molecular weight is 276 g/mol. The number of nitrogens with one attached hydrogen (secondary N) is 1. The standard InChI is InChI=1S/C15H18ClN3/c1-5-17-15-13(10(2)3)18-14(19(15)4)11-6-8-12(16)9-7-11/h6-9,17H,2,5H2,1,3-4H3. The van der Waals surface area contributed by atoms with Crippen molar-refractivity contribution in [3.8, 4) is 11.4 Å². The van der Waals surface area contributed by atoms with Crippen LogP contribution < -0.4 is 5.32 Å². The summed E-state index contributed by atoms with van der Waals surface area (Å²) in [6.07, 6.45) is 0. The fourth-order valence-electron chi connectivity index (χ4n) is 2.02. The van der Waals surface area contributed by atoms with Gasteiger partial charge in [-0.3, -0.25) is 0 Å². The maximum atomic E-state index is 5.92. The van der Waals surface area contributed by atoms with Crippen molar-refractivity contribution in [2.75, 3.05) is 11.9 Å². The normalized spacial score (nSPS) is 10.5. The van der Waals surface area contributed by atoms with Crippen LogP contribution in [-0.4, -0.2) is 16.1 Å². The van der Waals surface area contributed by atoms with Gasteiger partial charge in [-0.1, -0.05) is 18.2 Å². The summed E-state index contributed by atoms with van der Waals surface area (Å²) in [5.41, 5.74) is 2.90. The second kappa shape index (κ2) is 5.49. The van der Waals surface area contributed by atoms with Crippen LogP contribution in [0.25, 0.3) is 17.0 Å². The van der Waals surface area contributed by atoms with Crippen LogP contribution in [0.3, 0.4) is 0 Å². The Bertz CT molecular complexity index is 597. The van der Waals surface area contributed by atoms with Gasteiger partial charge < -0.3 is 9.88 Å². The lowest BCUT2D eigenvalue weighted by Crippen LogP contribution is -2.04. The fraction of sp³-hybridized carbons (Fsp3) is 0.267. The lowest BCUT2D eigenvalue weighted by Gasteiger charge is -2.08. The van der Waals surface area contributed by atoms with Gasteiger partial charge in [0.05, 0.1) is 0 Å². The van der Waals surface area contributed by atoms with Crippen molar-refractivity contribution >= 4 is 23.0 Å². The van der Waals surface area contributed by atoms with Gasteiger partial charge >= 0.3 is 0 Å². The van der Waals surface area contributed by atoms with E-state index in [1.165, 1.54) is 0 Å². The van der Waals surface area contributed by atoms with E-state index in [4.69, 9.17) is 11.6 Å². The van der Waals surface area contributed by atoms with Gasteiger partial charge in [0.25, 0.3) is 0 Å². The minimum Gasteiger partial charge on any atom is -0.370 e. The molecule has 0 radical (unpaired) electrons. The van der Waals surface area contributed by atoms with Crippen molar-refractivity contribution in [2.45, 2.75) is 13.8 Å². The molecule has 1 heterocycles. The van der Waals surface area contributed by atoms with Crippen molar-refractivity contribution in [1.29, 1.82) is 0 Å². The third-order valence-corrected chi connectivity index (χ3v) is 3.20. The first-order chi connectivity index (χ1) is 9.04. The molecule has 4 heteroatoms. The Balaban J connectivity index is 2.55. The van der Waals surface area contributed by atoms with Crippen molar-refractivity contribution in [3.05, 3.63) is 41.6 Å². The summed E-state index contributed by atoms with van der Waals surface area (Å²) in [6, 6.07) is 7.70. The van der Waals surface area contributed by atoms with Gasteiger partial charge in [-0.25, -0.2) is 4.98 Å². The minimum absolute atomic E-state index is 0.727. The first kappa shape index (κ1) is 13.7. The Hall–Kier alpha value is -1.74. The van der Waals surface area contributed by atoms with Gasteiger partial charge in [-0.05, 0) is 43.7 Å². The van der Waals surface area contributed by atoms with Gasteiger partial charge in [-0.15, -0.1) is 0 Å². The Morgan fingerprint density at radius 3 is 2.53 bits per heavy atom. The van der Waals surface area contributed by atoms with Crippen LogP contribution in [0, 0.1) is 0 Å². The molecular weight excluding hydrogens is 258 g/mol. The van der Waals surface area contributed by atoms with Crippen LogP contribution in [0.4, 0.5) is 5.82 Å². The number of allylic oxidation sites excluding steroid dienone is 1. The molecule has 0 spiro atoms. The molecule has 0 atom stereocenters. The summed E-state index contributed by atoms with van der Waals surface area (Å²) < 4.78 is 2.05. The number of hydrogen-bond donors (Lipinski definition) is 1. The number of rotatable bonds is 4. The van der Waals surface area contributed by atoms with Crippen LogP contribution in [0.2, 0.25) is 5.02 Å². The van der Waals surface area contributed by atoms with Crippen LogP contribution in [0.5, 0.6) is 0 Å². The number of nitrogens with zero attached hydrogens (tertiary/aromatic N) is 2. The van der Waals surface area contributed by atoms with Gasteiger partial charge in [-0.2, -0.15) is 0 Å². The van der Waals surface area contributed by atoms with E-state index < -0.39 is 0 Å². The third-order valence-electron chi connectivity index (χ3n) is 2.95. The summed E-state index contributed by atoms with van der Waals surface area (Å²) >= 11 is 5.92. The van der Waals surface area contributed by atoms with Gasteiger partial charge in [0.15, 0.2) is 0 Å². The molecule has 0 unspecified atom stereocenters. The molecule has 1 N–H and O–H groups in total. The smallest absolute Gasteiger partial charge is 0.142 e. The molecule has 0 aliphatic heterocycles. The van der Waals surface area contributed by atoms with Crippen LogP contribution >= 0.6 is 11.6 Å². The molecule has 1 aromatic heterocycles. The lowest BCUT2D eigenvalue weighted by molar-refractivity contribution is 0.919. The molecule has 1 aromatic carbocycles. The molecule has 0 amide bonds. The molecule has 2 aromatic rings. The van der Waals surface area contributed by atoms with Crippen LogP contribution in [-0.2, 0) is 7.05 Å². The average Bonchev–Trinajstić information content (AvgIpc) is 2.69. The number of aromatic nitrogens is 2. The molecule has 0 bridgehead atoms. The van der Waals surface area contributed by atoms with E-state index in [1.807, 2.05) is 38.2 Å². The van der Waals surface area contributed by atoms with E-state index in [0.717, 1.165) is 40.0 Å². The number of halogens is 1. The molecule has 100 valence electrons. The summed E-state index contributed by atoms with van der Waals surface area (Å²) in [7, 11) is 2.00. The minimum atomic E-state index is 0.727. The molecule has 3 nitrogen and oxygen atoms in total. The first-order valence-corrected chi connectivity index (χ1v) is 6.64. The van der Waals surface area contributed by atoms with Crippen LogP contribution in [0.1, 0.15) is 19.5 Å². The molecule has 19 heavy (non-hydrogen) atoms. The lowest BCUT2D eigenvalue weighted by atomic mass is 10.2. The Morgan fingerprint density at radius 2 is 2.00 bits per heavy atom. The van der Waals surface area contributed by atoms with E-state index in [9.17, 15) is 0 Å². The highest BCUT2D eigenvalue weighted by Crippen LogP contribution is 2.29. The topological polar surface area (TPSA) is 29.9 Å². The molecule has 2 rings (SSSR count). The number of anilines is 1. The predicted octanol–water partition coefficient (Wildman–Crippen LogP) is 4.21. The van der Waals surface area contributed by atoms with Crippen molar-refractivity contribution in [2.24, 2.45) is 7.05 Å². The molecule has 0 saturated heterocycles. The van der Waals surface area contributed by atoms with E-state index in [2.05, 4.69) is 28.4 Å². The highest BCUT2D eigenvalue weighted by atomic mass is 35.5. The van der Waals surface area contributed by atoms with E-state index in [0.29, 0.717) is 0 Å². The Kier molecular flexibility index (Phi) is 3.96. The Morgan fingerprint density at radius 1 is 1.37 bits per heavy atom. The highest BCUT2D eigenvalue weighted by Gasteiger charge is 2.15. The quantitative estimate of drug-likeness (QED) is 0.906. The van der Waals surface area contributed by atoms with Crippen molar-refractivity contribution in [1.82, 2.24) is 9.55 Å². The molecule has 0 saturated carbocycles. The van der Waals surface area contributed by atoms with E-state index in [-0.39, 0.29) is 0 Å². The number of imidazole rings is 1. The molecule has 0 aliphatic carbocycles. The number of hydrogen-bond acceptors (Lipinski definition) is 2. The summed E-state index contributed by atoms with van der Waals surface area (Å²) in [5, 5.41) is 4.07. The molecule has 0 aliphatic rings. The fourth-order valence-corrected chi connectivity index (χ4v) is 2.15. The first-order valence-electron chi connectivity index (χ1n) is 6.27. The second-order valence-corrected chi connectivity index (χ2v) is 4.95. The van der Waals surface area contributed by atoms with E-state index in [1.54, 1.807) is 0 Å². The van der Waals surface area contributed by atoms with Gasteiger partial charge in [0.1, 0.15) is 17.3 Å². The van der Waals surface area contributed by atoms with Gasteiger partial charge in [0, 0.05) is 24.2 Å². The van der Waals surface area contributed by atoms with E-state index >= 15 is 0 Å². The Labute approximate surface area is 118 Å². The largest absolute Gasteiger partial charge is 0.370 e. The van der Waals surface area contributed by atoms with Crippen molar-refractivity contribution < 1.29 is 0 Å². The molecule has 0 fully saturated rings. The maximum Gasteiger partial charge on any atom is 0.142 e. The third kappa shape index (κ3) is 2.66. The SMILES string of the molecule is C=C(C)c1nc(-c2ccc(Cl)cc2)n(C)c1NCC. The number of benzene rings is 1. The van der Waals surface area contributed by atoms with Crippen LogP contribution in [0.15, 0.2) is 30.8 Å². The van der Waals surface area contributed by atoms with Crippen molar-refractivity contribution in [3.63, 3.8) is 0 Å². The summed E-state index contributed by atoms with van der Waals surface area (Å²) in [5.74, 6) is 1.91. The summed E-state index contributed by atoms with van der Waals surface area (Å²) in [4.78, 5) is 4.69. The zero-order valence-corrected chi connectivity index (χ0v) is 12.3. The maximum absolute atomic E-state index is 5.92. The monoisotopic (exact) mass is 275 g/mol. The molecular formula is C15H18ClN3. The predicted molar refractivity (Wildman–Crippen MR) is 82.5 cm³/mol. The van der Waals surface area contributed by atoms with Gasteiger partial charge in [0.2, 0.25) is 0 Å².